The second-order valence-electron chi connectivity index (χ2n) is 4.96. The molecule has 128 valence electrons. The van der Waals surface area contributed by atoms with Crippen molar-refractivity contribution in [3.63, 3.8) is 0 Å². The maximum absolute atomic E-state index is 12.1. The van der Waals surface area contributed by atoms with Gasteiger partial charge < -0.3 is 14.8 Å². The van der Waals surface area contributed by atoms with E-state index in [9.17, 15) is 4.79 Å². The first-order valence-electron chi connectivity index (χ1n) is 7.55. The molecule has 0 atom stereocenters. The number of carbonyl (C=O) groups is 1. The second kappa shape index (κ2) is 8.50. The average Bonchev–Trinajstić information content (AvgIpc) is 3.13. The fourth-order valence-electron chi connectivity index (χ4n) is 2.03. The van der Waals surface area contributed by atoms with Crippen LogP contribution in [0.2, 0.25) is 5.02 Å². The van der Waals surface area contributed by atoms with Crippen molar-refractivity contribution < 1.29 is 14.3 Å². The predicted octanol–water partition coefficient (Wildman–Crippen LogP) is 4.40. The molecule has 25 heavy (non-hydrogen) atoms. The van der Waals surface area contributed by atoms with Crippen LogP contribution in [0.1, 0.15) is 10.4 Å². The van der Waals surface area contributed by atoms with Gasteiger partial charge in [0.2, 0.25) is 0 Å². The lowest BCUT2D eigenvalue weighted by Gasteiger charge is -2.09. The van der Waals surface area contributed by atoms with E-state index in [1.54, 1.807) is 42.6 Å². The van der Waals surface area contributed by atoms with Gasteiger partial charge in [-0.05, 0) is 36.4 Å². The molecule has 7 heteroatoms. The summed E-state index contributed by atoms with van der Waals surface area (Å²) in [6.07, 6.45) is 1.67. The van der Waals surface area contributed by atoms with Crippen LogP contribution in [0.15, 0.2) is 60.1 Å². The van der Waals surface area contributed by atoms with Crippen molar-refractivity contribution in [1.29, 1.82) is 0 Å². The summed E-state index contributed by atoms with van der Waals surface area (Å²) in [6.45, 7) is 0.710. The van der Waals surface area contributed by atoms with Crippen molar-refractivity contribution in [1.82, 2.24) is 10.3 Å². The quantitative estimate of drug-likeness (QED) is 0.623. The van der Waals surface area contributed by atoms with Crippen LogP contribution < -0.4 is 14.8 Å². The van der Waals surface area contributed by atoms with Gasteiger partial charge in [0, 0.05) is 17.1 Å². The van der Waals surface area contributed by atoms with Gasteiger partial charge in [0.05, 0.1) is 11.6 Å². The first kappa shape index (κ1) is 17.3. The number of ether oxygens (including phenoxy) is 2. The number of halogens is 1. The van der Waals surface area contributed by atoms with E-state index < -0.39 is 0 Å². The molecule has 0 saturated carbocycles. The van der Waals surface area contributed by atoms with Gasteiger partial charge in [0.15, 0.2) is 0 Å². The summed E-state index contributed by atoms with van der Waals surface area (Å²) in [5.41, 5.74) is 0.546. The molecule has 2 aromatic carbocycles. The minimum absolute atomic E-state index is 0.177. The maximum atomic E-state index is 12.1. The van der Waals surface area contributed by atoms with Crippen LogP contribution in [0.5, 0.6) is 16.7 Å². The molecular formula is C18H15ClN2O3S. The zero-order valence-electron chi connectivity index (χ0n) is 13.1. The fourth-order valence-corrected chi connectivity index (χ4v) is 2.72. The third-order valence-electron chi connectivity index (χ3n) is 3.21. The first-order valence-corrected chi connectivity index (χ1v) is 8.81. The molecule has 0 spiro atoms. The van der Waals surface area contributed by atoms with Gasteiger partial charge in [-0.3, -0.25) is 4.79 Å². The molecule has 1 aromatic heterocycles. The van der Waals surface area contributed by atoms with Crippen LogP contribution in [0.25, 0.3) is 0 Å². The Morgan fingerprint density at radius 2 is 1.96 bits per heavy atom. The largest absolute Gasteiger partial charge is 0.490 e. The fraction of sp³-hybridized carbons (Fsp3) is 0.111. The van der Waals surface area contributed by atoms with E-state index in [4.69, 9.17) is 21.1 Å². The Hall–Kier alpha value is -2.57. The Bertz CT molecular complexity index is 823. The third-order valence-corrected chi connectivity index (χ3v) is 4.17. The number of nitrogens with zero attached hydrogens (tertiary/aromatic N) is 1. The molecule has 0 unspecified atom stereocenters. The zero-order chi connectivity index (χ0) is 17.5. The van der Waals surface area contributed by atoms with Crippen LogP contribution >= 0.6 is 22.9 Å². The monoisotopic (exact) mass is 374 g/mol. The van der Waals surface area contributed by atoms with Crippen molar-refractivity contribution >= 4 is 28.8 Å². The van der Waals surface area contributed by atoms with Gasteiger partial charge in [-0.15, -0.1) is 0 Å². The Balaban J connectivity index is 1.45. The number of rotatable bonds is 7. The van der Waals surface area contributed by atoms with Gasteiger partial charge in [0.25, 0.3) is 11.1 Å². The Kier molecular flexibility index (Phi) is 5.87. The van der Waals surface area contributed by atoms with Crippen molar-refractivity contribution in [3.8, 4) is 16.7 Å². The van der Waals surface area contributed by atoms with Crippen molar-refractivity contribution in [2.75, 3.05) is 13.2 Å². The van der Waals surface area contributed by atoms with E-state index in [1.165, 1.54) is 11.3 Å². The lowest BCUT2D eigenvalue weighted by atomic mass is 10.2. The number of benzene rings is 2. The molecule has 1 heterocycles. The lowest BCUT2D eigenvalue weighted by Crippen LogP contribution is -2.28. The summed E-state index contributed by atoms with van der Waals surface area (Å²) >= 11 is 7.40. The van der Waals surface area contributed by atoms with Crippen molar-refractivity contribution in [2.24, 2.45) is 0 Å². The molecule has 3 rings (SSSR count). The summed E-state index contributed by atoms with van der Waals surface area (Å²) in [4.78, 5) is 16.2. The Morgan fingerprint density at radius 3 is 2.68 bits per heavy atom. The number of hydrogen-bond donors (Lipinski definition) is 1. The molecular weight excluding hydrogens is 360 g/mol. The van der Waals surface area contributed by atoms with Gasteiger partial charge in [-0.2, -0.15) is 0 Å². The molecule has 0 aliphatic carbocycles. The van der Waals surface area contributed by atoms with E-state index in [2.05, 4.69) is 10.3 Å². The van der Waals surface area contributed by atoms with Gasteiger partial charge in [-0.1, -0.05) is 35.1 Å². The molecule has 0 aliphatic rings. The SMILES string of the molecule is O=C(NCCOc1ccccc1Cl)c1ccc(Oc2nccs2)cc1. The highest BCUT2D eigenvalue weighted by Crippen LogP contribution is 2.24. The standard InChI is InChI=1S/C18H15ClN2O3S/c19-15-3-1-2-4-16(15)23-11-9-20-17(22)13-5-7-14(8-6-13)24-18-21-10-12-25-18/h1-8,10,12H,9,11H2,(H,20,22). The minimum Gasteiger partial charge on any atom is -0.490 e. The molecule has 0 fully saturated rings. The summed E-state index contributed by atoms with van der Waals surface area (Å²) < 4.78 is 11.1. The van der Waals surface area contributed by atoms with Crippen LogP contribution in [-0.2, 0) is 0 Å². The molecule has 0 aliphatic heterocycles. The molecule has 0 radical (unpaired) electrons. The highest BCUT2D eigenvalue weighted by Gasteiger charge is 2.07. The predicted molar refractivity (Wildman–Crippen MR) is 97.9 cm³/mol. The molecule has 3 aromatic rings. The van der Waals surface area contributed by atoms with E-state index in [-0.39, 0.29) is 5.91 Å². The molecule has 5 nitrogen and oxygen atoms in total. The first-order chi connectivity index (χ1) is 12.2. The summed E-state index contributed by atoms with van der Waals surface area (Å²) in [7, 11) is 0. The Morgan fingerprint density at radius 1 is 1.16 bits per heavy atom. The number of para-hydroxylation sites is 1. The smallest absolute Gasteiger partial charge is 0.278 e. The Labute approximate surface area is 154 Å². The van der Waals surface area contributed by atoms with Gasteiger partial charge in [0.1, 0.15) is 18.1 Å². The summed E-state index contributed by atoms with van der Waals surface area (Å²) in [5.74, 6) is 1.05. The van der Waals surface area contributed by atoms with E-state index in [0.29, 0.717) is 40.4 Å². The highest BCUT2D eigenvalue weighted by atomic mass is 35.5. The molecule has 0 saturated heterocycles. The number of nitrogens with one attached hydrogen (secondary N) is 1. The number of aromatic nitrogens is 1. The van der Waals surface area contributed by atoms with E-state index in [0.717, 1.165) is 0 Å². The molecule has 1 amide bonds. The van der Waals surface area contributed by atoms with Crippen LogP contribution in [0.4, 0.5) is 0 Å². The average molecular weight is 375 g/mol. The van der Waals surface area contributed by atoms with Crippen LogP contribution in [-0.4, -0.2) is 24.0 Å². The molecule has 1 N–H and O–H groups in total. The summed E-state index contributed by atoms with van der Waals surface area (Å²) in [6, 6.07) is 14.1. The number of carbonyl (C=O) groups excluding carboxylic acids is 1. The van der Waals surface area contributed by atoms with E-state index >= 15 is 0 Å². The highest BCUT2D eigenvalue weighted by molar-refractivity contribution is 7.11. The van der Waals surface area contributed by atoms with Gasteiger partial charge >= 0.3 is 0 Å². The molecule has 0 bridgehead atoms. The van der Waals surface area contributed by atoms with Crippen molar-refractivity contribution in [3.05, 3.63) is 70.7 Å². The summed E-state index contributed by atoms with van der Waals surface area (Å²) in [5, 5.41) is 5.74. The lowest BCUT2D eigenvalue weighted by molar-refractivity contribution is 0.0947. The topological polar surface area (TPSA) is 60.5 Å². The number of amides is 1. The maximum Gasteiger partial charge on any atom is 0.278 e. The number of hydrogen-bond acceptors (Lipinski definition) is 5. The third kappa shape index (κ3) is 4.95. The second-order valence-corrected chi connectivity index (χ2v) is 6.22. The van der Waals surface area contributed by atoms with Crippen LogP contribution in [0.3, 0.4) is 0 Å². The van der Waals surface area contributed by atoms with Crippen LogP contribution in [0, 0.1) is 0 Å². The minimum atomic E-state index is -0.177. The normalized spacial score (nSPS) is 10.3. The number of thiazole rings is 1. The van der Waals surface area contributed by atoms with Gasteiger partial charge in [-0.25, -0.2) is 4.98 Å². The van der Waals surface area contributed by atoms with E-state index in [1.807, 2.05) is 17.5 Å². The zero-order valence-corrected chi connectivity index (χ0v) is 14.7. The van der Waals surface area contributed by atoms with Crippen molar-refractivity contribution in [2.45, 2.75) is 0 Å².